The summed E-state index contributed by atoms with van der Waals surface area (Å²) in [6, 6.07) is 9.61. The van der Waals surface area contributed by atoms with Crippen molar-refractivity contribution in [3.8, 4) is 5.75 Å². The summed E-state index contributed by atoms with van der Waals surface area (Å²) in [5.74, 6) is 6.16. The average Bonchev–Trinajstić information content (AvgIpc) is 2.47. The summed E-state index contributed by atoms with van der Waals surface area (Å²) in [4.78, 5) is 3.92. The molecule has 0 saturated carbocycles. The van der Waals surface area contributed by atoms with E-state index in [2.05, 4.69) is 15.1 Å². The first-order valence-electron chi connectivity index (χ1n) is 6.23. The molecule has 0 radical (unpaired) electrons. The van der Waals surface area contributed by atoms with Gasteiger partial charge in [0.1, 0.15) is 16.5 Å². The smallest absolute Gasteiger partial charge is 0.263 e. The highest BCUT2D eigenvalue weighted by atomic mass is 32.2. The number of hydrogen-bond donors (Lipinski definition) is 3. The zero-order valence-electron chi connectivity index (χ0n) is 11.4. The zero-order chi connectivity index (χ0) is 15.3. The number of hydrogen-bond acceptors (Lipinski definition) is 6. The Balaban J connectivity index is 2.21. The van der Waals surface area contributed by atoms with Crippen LogP contribution in [0.2, 0.25) is 0 Å². The Morgan fingerprint density at radius 1 is 1.29 bits per heavy atom. The van der Waals surface area contributed by atoms with Crippen LogP contribution < -0.4 is 20.7 Å². The second kappa shape index (κ2) is 6.42. The van der Waals surface area contributed by atoms with Gasteiger partial charge in [0.05, 0.1) is 12.3 Å². The van der Waals surface area contributed by atoms with Gasteiger partial charge in [-0.15, -0.1) is 0 Å². The van der Waals surface area contributed by atoms with Crippen LogP contribution in [0.1, 0.15) is 6.92 Å². The van der Waals surface area contributed by atoms with Gasteiger partial charge >= 0.3 is 0 Å². The Morgan fingerprint density at radius 3 is 2.71 bits per heavy atom. The normalized spacial score (nSPS) is 11.0. The molecule has 1 aromatic carbocycles. The van der Waals surface area contributed by atoms with E-state index in [1.54, 1.807) is 24.3 Å². The number of aromatic nitrogens is 1. The van der Waals surface area contributed by atoms with Gasteiger partial charge in [0.15, 0.2) is 0 Å². The minimum absolute atomic E-state index is 0.0447. The monoisotopic (exact) mass is 308 g/mol. The minimum Gasteiger partial charge on any atom is -0.494 e. The van der Waals surface area contributed by atoms with Crippen LogP contribution in [0.3, 0.4) is 0 Å². The molecule has 8 heteroatoms. The molecular formula is C13H16N4O3S. The number of hydrazine groups is 1. The molecule has 21 heavy (non-hydrogen) atoms. The Bertz CT molecular complexity index is 702. The lowest BCUT2D eigenvalue weighted by molar-refractivity contribution is 0.340. The van der Waals surface area contributed by atoms with Gasteiger partial charge in [-0.3, -0.25) is 4.72 Å². The van der Waals surface area contributed by atoms with Crippen LogP contribution in [-0.4, -0.2) is 20.0 Å². The third-order valence-electron chi connectivity index (χ3n) is 2.59. The van der Waals surface area contributed by atoms with Crippen LogP contribution in [0.4, 0.5) is 11.5 Å². The minimum atomic E-state index is -3.71. The van der Waals surface area contributed by atoms with Crippen molar-refractivity contribution in [1.29, 1.82) is 0 Å². The number of rotatable bonds is 6. The number of sulfonamides is 1. The van der Waals surface area contributed by atoms with Gasteiger partial charge in [-0.2, -0.15) is 0 Å². The summed E-state index contributed by atoms with van der Waals surface area (Å²) in [5.41, 5.74) is 2.75. The number of nitrogen functional groups attached to an aromatic ring is 1. The number of ether oxygens (including phenoxy) is 1. The SMILES string of the molecule is CCOc1cccc(NS(=O)(=O)c2ccc(NN)nc2)c1. The van der Waals surface area contributed by atoms with Crippen molar-refractivity contribution in [2.45, 2.75) is 11.8 Å². The Morgan fingerprint density at radius 2 is 2.10 bits per heavy atom. The quantitative estimate of drug-likeness (QED) is 0.552. The molecule has 0 aliphatic heterocycles. The predicted molar refractivity (Wildman–Crippen MR) is 80.5 cm³/mol. The lowest BCUT2D eigenvalue weighted by atomic mass is 10.3. The average molecular weight is 308 g/mol. The van der Waals surface area contributed by atoms with E-state index in [9.17, 15) is 8.42 Å². The highest BCUT2D eigenvalue weighted by molar-refractivity contribution is 7.92. The molecular weight excluding hydrogens is 292 g/mol. The molecule has 0 amide bonds. The van der Waals surface area contributed by atoms with Crippen LogP contribution in [0.5, 0.6) is 5.75 Å². The summed E-state index contributed by atoms with van der Waals surface area (Å²) in [6.07, 6.45) is 1.23. The van der Waals surface area contributed by atoms with E-state index in [0.717, 1.165) is 0 Å². The lowest BCUT2D eigenvalue weighted by Crippen LogP contribution is -2.14. The molecule has 2 aromatic rings. The highest BCUT2D eigenvalue weighted by Gasteiger charge is 2.15. The summed E-state index contributed by atoms with van der Waals surface area (Å²) in [6.45, 7) is 2.36. The first kappa shape index (κ1) is 15.1. The van der Waals surface area contributed by atoms with Crippen molar-refractivity contribution in [2.24, 2.45) is 5.84 Å². The van der Waals surface area contributed by atoms with Crippen LogP contribution in [0, 0.1) is 0 Å². The number of nitrogens with zero attached hydrogens (tertiary/aromatic N) is 1. The molecule has 2 rings (SSSR count). The Kier molecular flexibility index (Phi) is 4.61. The van der Waals surface area contributed by atoms with E-state index in [1.165, 1.54) is 18.3 Å². The number of benzene rings is 1. The molecule has 0 saturated heterocycles. The molecule has 1 heterocycles. The van der Waals surface area contributed by atoms with Crippen LogP contribution in [0.25, 0.3) is 0 Å². The highest BCUT2D eigenvalue weighted by Crippen LogP contribution is 2.21. The zero-order valence-corrected chi connectivity index (χ0v) is 12.2. The fourth-order valence-electron chi connectivity index (χ4n) is 1.65. The van der Waals surface area contributed by atoms with Gasteiger partial charge < -0.3 is 10.2 Å². The van der Waals surface area contributed by atoms with Crippen LogP contribution in [0.15, 0.2) is 47.5 Å². The van der Waals surface area contributed by atoms with Gasteiger partial charge in [0, 0.05) is 12.3 Å². The second-order valence-electron chi connectivity index (χ2n) is 4.09. The fraction of sp³-hybridized carbons (Fsp3) is 0.154. The molecule has 0 aliphatic carbocycles. The molecule has 7 nitrogen and oxygen atoms in total. The molecule has 0 aliphatic rings. The first-order valence-corrected chi connectivity index (χ1v) is 7.72. The molecule has 0 unspecified atom stereocenters. The van der Waals surface area contributed by atoms with Gasteiger partial charge in [-0.05, 0) is 31.2 Å². The Labute approximate surface area is 123 Å². The van der Waals surface area contributed by atoms with E-state index < -0.39 is 10.0 Å². The summed E-state index contributed by atoms with van der Waals surface area (Å²) in [5, 5.41) is 0. The molecule has 0 atom stereocenters. The molecule has 112 valence electrons. The van der Waals surface area contributed by atoms with Crippen LogP contribution in [-0.2, 0) is 10.0 Å². The maximum absolute atomic E-state index is 12.2. The maximum atomic E-state index is 12.2. The predicted octanol–water partition coefficient (Wildman–Crippen LogP) is 1.57. The maximum Gasteiger partial charge on any atom is 0.263 e. The number of anilines is 2. The van der Waals surface area contributed by atoms with Gasteiger partial charge in [0.25, 0.3) is 10.0 Å². The van der Waals surface area contributed by atoms with Gasteiger partial charge in [0.2, 0.25) is 0 Å². The van der Waals surface area contributed by atoms with E-state index in [1.807, 2.05) is 6.92 Å². The van der Waals surface area contributed by atoms with Crippen molar-refractivity contribution >= 4 is 21.5 Å². The Hall–Kier alpha value is -2.32. The first-order chi connectivity index (χ1) is 10.0. The largest absolute Gasteiger partial charge is 0.494 e. The molecule has 4 N–H and O–H groups in total. The van der Waals surface area contributed by atoms with Crippen molar-refractivity contribution in [1.82, 2.24) is 4.98 Å². The van der Waals surface area contributed by atoms with Crippen molar-refractivity contribution in [3.05, 3.63) is 42.6 Å². The summed E-state index contributed by atoms with van der Waals surface area (Å²) >= 11 is 0. The number of nitrogens with one attached hydrogen (secondary N) is 2. The number of pyridine rings is 1. The molecule has 1 aromatic heterocycles. The van der Waals surface area contributed by atoms with Gasteiger partial charge in [-0.1, -0.05) is 6.07 Å². The fourth-order valence-corrected chi connectivity index (χ4v) is 2.65. The van der Waals surface area contributed by atoms with E-state index in [4.69, 9.17) is 10.6 Å². The van der Waals surface area contributed by atoms with E-state index in [0.29, 0.717) is 23.9 Å². The summed E-state index contributed by atoms with van der Waals surface area (Å²) in [7, 11) is -3.71. The third kappa shape index (κ3) is 3.83. The second-order valence-corrected chi connectivity index (χ2v) is 5.77. The van der Waals surface area contributed by atoms with Crippen molar-refractivity contribution in [2.75, 3.05) is 16.8 Å². The molecule has 0 fully saturated rings. The van der Waals surface area contributed by atoms with E-state index >= 15 is 0 Å². The van der Waals surface area contributed by atoms with Crippen LogP contribution >= 0.6 is 0 Å². The van der Waals surface area contributed by atoms with Crippen molar-refractivity contribution in [3.63, 3.8) is 0 Å². The number of nitrogens with two attached hydrogens (primary N) is 1. The standard InChI is InChI=1S/C13H16N4O3S/c1-2-20-11-5-3-4-10(8-11)17-21(18,19)12-6-7-13(16-14)15-9-12/h3-9,17H,2,14H2,1H3,(H,15,16). The van der Waals surface area contributed by atoms with Gasteiger partial charge in [-0.25, -0.2) is 19.2 Å². The molecule has 0 bridgehead atoms. The summed E-state index contributed by atoms with van der Waals surface area (Å²) < 4.78 is 32.3. The third-order valence-corrected chi connectivity index (χ3v) is 3.96. The van der Waals surface area contributed by atoms with Crippen molar-refractivity contribution < 1.29 is 13.2 Å². The molecule has 0 spiro atoms. The van der Waals surface area contributed by atoms with E-state index in [-0.39, 0.29) is 4.90 Å². The topological polar surface area (TPSA) is 106 Å². The lowest BCUT2D eigenvalue weighted by Gasteiger charge is -2.10.